The molecule has 0 aromatic rings. The number of hydrogen-bond acceptors (Lipinski definition) is 9. The minimum atomic E-state index is -1.66. The maximum Gasteiger partial charge on any atom is 0.326 e. The van der Waals surface area contributed by atoms with Crippen LogP contribution >= 0.6 is 0 Å². The van der Waals surface area contributed by atoms with E-state index in [1.807, 2.05) is 0 Å². The number of aliphatic hydroxyl groups excluding tert-OH is 1. The average molecular weight is 489 g/mol. The molecule has 0 aliphatic carbocycles. The molecule has 17 heteroatoms. The van der Waals surface area contributed by atoms with Crippen LogP contribution in [0.25, 0.3) is 0 Å². The fourth-order valence-corrected chi connectivity index (χ4v) is 2.50. The summed E-state index contributed by atoms with van der Waals surface area (Å²) in [5.74, 6) is -6.58. The Morgan fingerprint density at radius 1 is 0.765 bits per heavy atom. The van der Waals surface area contributed by atoms with Gasteiger partial charge in [-0.2, -0.15) is 0 Å². The molecule has 15 N–H and O–H groups in total. The molecule has 0 aliphatic heterocycles. The molecule has 0 fully saturated rings. The van der Waals surface area contributed by atoms with Crippen LogP contribution in [0.2, 0.25) is 0 Å². The van der Waals surface area contributed by atoms with Crippen molar-refractivity contribution in [1.29, 1.82) is 0 Å². The highest BCUT2D eigenvalue weighted by Crippen LogP contribution is 2.03. The number of aliphatic imine (C=N–C) groups is 1. The van der Waals surface area contributed by atoms with Crippen molar-refractivity contribution in [3.63, 3.8) is 0 Å². The van der Waals surface area contributed by atoms with Crippen LogP contribution in [0.4, 0.5) is 0 Å². The number of primary amides is 2. The number of carbonyl (C=O) groups is 6. The summed E-state index contributed by atoms with van der Waals surface area (Å²) in [6, 6.07) is -5.99. The summed E-state index contributed by atoms with van der Waals surface area (Å²) in [7, 11) is 0. The molecule has 0 rings (SSSR count). The maximum atomic E-state index is 12.6. The summed E-state index contributed by atoms with van der Waals surface area (Å²) in [6.45, 7) is -0.837. The topological polar surface area (TPSA) is 321 Å². The quantitative estimate of drug-likeness (QED) is 0.0551. The van der Waals surface area contributed by atoms with Crippen LogP contribution in [0.15, 0.2) is 4.99 Å². The number of guanidine groups is 1. The predicted octanol–water partition coefficient (Wildman–Crippen LogP) is -6.35. The standard InChI is InChI=1S/C17H31N9O8/c18-7(4-11(19)28)13(30)26-10(6-27)15(32)24-8(2-1-3-23-17(21)22)14(31)25-9(16(33)34)5-12(20)29/h7-10,27H,1-6,18H2,(H2,19,28)(H2,20,29)(H,24,32)(H,25,31)(H,26,30)(H,33,34)(H4,21,22,23). The van der Waals surface area contributed by atoms with Gasteiger partial charge in [0.25, 0.3) is 0 Å². The Hall–Kier alpha value is -3.99. The highest BCUT2D eigenvalue weighted by molar-refractivity contribution is 5.95. The number of amides is 5. The summed E-state index contributed by atoms with van der Waals surface area (Å²) in [5, 5.41) is 25.1. The van der Waals surface area contributed by atoms with Crippen LogP contribution in [0.3, 0.4) is 0 Å². The van der Waals surface area contributed by atoms with Crippen LogP contribution < -0.4 is 44.6 Å². The number of rotatable bonds is 16. The molecule has 0 radical (unpaired) electrons. The van der Waals surface area contributed by atoms with Crippen LogP contribution in [0, 0.1) is 0 Å². The van der Waals surface area contributed by atoms with Gasteiger partial charge in [0.1, 0.15) is 18.1 Å². The number of aliphatic hydroxyl groups is 1. The zero-order valence-corrected chi connectivity index (χ0v) is 18.2. The Kier molecular flexibility index (Phi) is 13.2. The number of carboxylic acid groups (broad SMARTS) is 1. The Morgan fingerprint density at radius 2 is 1.26 bits per heavy atom. The second kappa shape index (κ2) is 15.0. The molecule has 0 aromatic heterocycles. The molecule has 34 heavy (non-hydrogen) atoms. The smallest absolute Gasteiger partial charge is 0.326 e. The van der Waals surface area contributed by atoms with E-state index in [9.17, 15) is 33.9 Å². The molecule has 5 amide bonds. The number of carbonyl (C=O) groups excluding carboxylic acids is 5. The number of hydrogen-bond donors (Lipinski definition) is 10. The van der Waals surface area contributed by atoms with Gasteiger partial charge in [0, 0.05) is 6.54 Å². The lowest BCUT2D eigenvalue weighted by Gasteiger charge is -2.24. The molecule has 0 heterocycles. The molecule has 0 saturated heterocycles. The highest BCUT2D eigenvalue weighted by Gasteiger charge is 2.30. The second-order valence-electron chi connectivity index (χ2n) is 7.10. The molecule has 17 nitrogen and oxygen atoms in total. The largest absolute Gasteiger partial charge is 0.480 e. The summed E-state index contributed by atoms with van der Waals surface area (Å²) in [5.41, 5.74) is 25.8. The van der Waals surface area contributed by atoms with Gasteiger partial charge in [0.15, 0.2) is 5.96 Å². The SMILES string of the molecule is NC(=O)CC(N)C(=O)NC(CO)C(=O)NC(CCCN=C(N)N)C(=O)NC(CC(N)=O)C(=O)O. The maximum absolute atomic E-state index is 12.6. The van der Waals surface area contributed by atoms with Gasteiger partial charge in [-0.3, -0.25) is 29.0 Å². The van der Waals surface area contributed by atoms with E-state index in [4.69, 9.17) is 33.8 Å². The number of carboxylic acids is 1. The molecule has 0 aromatic carbocycles. The molecule has 0 bridgehead atoms. The Morgan fingerprint density at radius 3 is 1.74 bits per heavy atom. The molecule has 4 unspecified atom stereocenters. The van der Waals surface area contributed by atoms with E-state index in [1.54, 1.807) is 0 Å². The van der Waals surface area contributed by atoms with E-state index in [0.29, 0.717) is 0 Å². The number of aliphatic carboxylic acids is 1. The number of nitrogens with one attached hydrogen (secondary N) is 3. The molecule has 0 saturated carbocycles. The van der Waals surface area contributed by atoms with Crippen LogP contribution in [0.1, 0.15) is 25.7 Å². The lowest BCUT2D eigenvalue weighted by Crippen LogP contribution is -2.58. The Bertz CT molecular complexity index is 800. The minimum Gasteiger partial charge on any atom is -0.480 e. The highest BCUT2D eigenvalue weighted by atomic mass is 16.4. The van der Waals surface area contributed by atoms with E-state index in [1.165, 1.54) is 0 Å². The third-order valence-electron chi connectivity index (χ3n) is 4.17. The van der Waals surface area contributed by atoms with Crippen molar-refractivity contribution in [2.45, 2.75) is 49.9 Å². The fourth-order valence-electron chi connectivity index (χ4n) is 2.50. The van der Waals surface area contributed by atoms with Gasteiger partial charge in [-0.25, -0.2) is 4.79 Å². The van der Waals surface area contributed by atoms with Crippen molar-refractivity contribution in [2.24, 2.45) is 33.7 Å². The third-order valence-corrected chi connectivity index (χ3v) is 4.17. The summed E-state index contributed by atoms with van der Waals surface area (Å²) in [4.78, 5) is 74.1. The summed E-state index contributed by atoms with van der Waals surface area (Å²) < 4.78 is 0. The van der Waals surface area contributed by atoms with Gasteiger partial charge in [-0.05, 0) is 12.8 Å². The Balaban J connectivity index is 5.43. The Labute approximate surface area is 193 Å². The molecule has 0 aliphatic rings. The monoisotopic (exact) mass is 489 g/mol. The van der Waals surface area contributed by atoms with Crippen molar-refractivity contribution >= 4 is 41.5 Å². The minimum absolute atomic E-state index is 0.0633. The van der Waals surface area contributed by atoms with E-state index in [-0.39, 0.29) is 25.3 Å². The van der Waals surface area contributed by atoms with E-state index in [0.717, 1.165) is 0 Å². The van der Waals surface area contributed by atoms with Gasteiger partial charge in [0.05, 0.1) is 25.5 Å². The first-order chi connectivity index (χ1) is 15.8. The second-order valence-corrected chi connectivity index (χ2v) is 7.10. The molecular formula is C17H31N9O8. The van der Waals surface area contributed by atoms with Crippen molar-refractivity contribution in [3.8, 4) is 0 Å². The average Bonchev–Trinajstić information content (AvgIpc) is 2.71. The lowest BCUT2D eigenvalue weighted by atomic mass is 10.1. The van der Waals surface area contributed by atoms with Gasteiger partial charge in [0.2, 0.25) is 29.5 Å². The van der Waals surface area contributed by atoms with E-state index in [2.05, 4.69) is 20.9 Å². The fraction of sp³-hybridized carbons (Fsp3) is 0.588. The molecule has 0 spiro atoms. The van der Waals surface area contributed by atoms with Gasteiger partial charge < -0.3 is 54.8 Å². The van der Waals surface area contributed by atoms with Crippen molar-refractivity contribution in [2.75, 3.05) is 13.2 Å². The van der Waals surface area contributed by atoms with Gasteiger partial charge in [-0.1, -0.05) is 0 Å². The molecule has 4 atom stereocenters. The van der Waals surface area contributed by atoms with Gasteiger partial charge >= 0.3 is 5.97 Å². The van der Waals surface area contributed by atoms with E-state index < -0.39 is 79.1 Å². The zero-order valence-electron chi connectivity index (χ0n) is 18.2. The van der Waals surface area contributed by atoms with Crippen molar-refractivity contribution in [1.82, 2.24) is 16.0 Å². The zero-order chi connectivity index (χ0) is 26.4. The van der Waals surface area contributed by atoms with Crippen LogP contribution in [0.5, 0.6) is 0 Å². The summed E-state index contributed by atoms with van der Waals surface area (Å²) >= 11 is 0. The normalized spacial score (nSPS) is 13.9. The number of nitrogens with zero attached hydrogens (tertiary/aromatic N) is 1. The molecule has 192 valence electrons. The van der Waals surface area contributed by atoms with Crippen LogP contribution in [-0.4, -0.2) is 89.0 Å². The van der Waals surface area contributed by atoms with Crippen molar-refractivity contribution in [3.05, 3.63) is 0 Å². The lowest BCUT2D eigenvalue weighted by molar-refractivity contribution is -0.143. The van der Waals surface area contributed by atoms with Gasteiger partial charge in [-0.15, -0.1) is 0 Å². The van der Waals surface area contributed by atoms with Crippen molar-refractivity contribution < 1.29 is 39.0 Å². The summed E-state index contributed by atoms with van der Waals surface area (Å²) in [6.07, 6.45) is -1.16. The first-order valence-electron chi connectivity index (χ1n) is 9.90. The first kappa shape index (κ1) is 30.0. The van der Waals surface area contributed by atoms with E-state index >= 15 is 0 Å². The molecular weight excluding hydrogens is 458 g/mol. The first-order valence-corrected chi connectivity index (χ1v) is 9.90. The predicted molar refractivity (Wildman–Crippen MR) is 116 cm³/mol. The number of nitrogens with two attached hydrogens (primary N) is 5. The van der Waals surface area contributed by atoms with Crippen LogP contribution in [-0.2, 0) is 28.8 Å². The third kappa shape index (κ3) is 12.2.